The van der Waals surface area contributed by atoms with Crippen LogP contribution in [0.2, 0.25) is 0 Å². The SMILES string of the molecule is [2H]c1c([2H])c([2H])c(-c2cccc(-c3c4c([2H])c([2H])c([2H])c([2H])c4c(-n4c(C)nc5ccccc54)c4c([2H])c([2H])c([2H])c([2H])c34)c2)c([2H])c1[2H]. The van der Waals surface area contributed by atoms with E-state index in [4.69, 9.17) is 12.3 Å². The molecule has 1 aromatic heterocycles. The highest BCUT2D eigenvalue weighted by Crippen LogP contribution is 2.42. The second-order valence-corrected chi connectivity index (χ2v) is 8.29. The molecular formula is C34H24N2. The van der Waals surface area contributed by atoms with Gasteiger partial charge in [0.1, 0.15) is 5.82 Å². The zero-order valence-electron chi connectivity index (χ0n) is 32.0. The van der Waals surface area contributed by atoms with Crippen LogP contribution in [0.4, 0.5) is 0 Å². The van der Waals surface area contributed by atoms with E-state index in [0.29, 0.717) is 16.9 Å². The molecule has 2 nitrogen and oxygen atoms in total. The Morgan fingerprint density at radius 1 is 0.611 bits per heavy atom. The van der Waals surface area contributed by atoms with Crippen molar-refractivity contribution in [1.29, 1.82) is 0 Å². The van der Waals surface area contributed by atoms with Gasteiger partial charge in [-0.25, -0.2) is 4.98 Å². The number of aryl methyl sites for hydroxylation is 1. The van der Waals surface area contributed by atoms with Crippen molar-refractivity contribution in [2.75, 3.05) is 0 Å². The van der Waals surface area contributed by atoms with Crippen LogP contribution in [0.25, 0.3) is 60.5 Å². The highest BCUT2D eigenvalue weighted by Gasteiger charge is 2.19. The van der Waals surface area contributed by atoms with Crippen LogP contribution in [0.1, 0.15) is 23.6 Å². The molecule has 0 aliphatic rings. The van der Waals surface area contributed by atoms with Gasteiger partial charge < -0.3 is 0 Å². The number of fused-ring (bicyclic) bond motifs is 3. The van der Waals surface area contributed by atoms with Gasteiger partial charge in [-0.2, -0.15) is 0 Å². The lowest BCUT2D eigenvalue weighted by Crippen LogP contribution is -2.01. The third-order valence-corrected chi connectivity index (χ3v) is 6.24. The second-order valence-electron chi connectivity index (χ2n) is 8.29. The summed E-state index contributed by atoms with van der Waals surface area (Å²) >= 11 is 0. The number of imidazole rings is 1. The quantitative estimate of drug-likeness (QED) is 0.234. The number of para-hydroxylation sites is 2. The minimum Gasteiger partial charge on any atom is -0.295 e. The Labute approximate surface area is 228 Å². The van der Waals surface area contributed by atoms with Crippen molar-refractivity contribution in [1.82, 2.24) is 9.55 Å². The molecule has 7 aromatic rings. The topological polar surface area (TPSA) is 17.8 Å². The van der Waals surface area contributed by atoms with Gasteiger partial charge in [-0.05, 0) is 58.1 Å². The maximum Gasteiger partial charge on any atom is 0.111 e. The van der Waals surface area contributed by atoms with Crippen molar-refractivity contribution in [3.63, 3.8) is 0 Å². The predicted molar refractivity (Wildman–Crippen MR) is 152 cm³/mol. The number of rotatable bonds is 3. The predicted octanol–water partition coefficient (Wildman–Crippen LogP) is 8.97. The Morgan fingerprint density at radius 3 is 1.94 bits per heavy atom. The fraction of sp³-hybridized carbons (Fsp3) is 0.0294. The summed E-state index contributed by atoms with van der Waals surface area (Å²) < 4.78 is 114. The van der Waals surface area contributed by atoms with Crippen LogP contribution in [0.15, 0.2) is 127 Å². The number of aromatic nitrogens is 2. The van der Waals surface area contributed by atoms with Crippen LogP contribution in [0.5, 0.6) is 0 Å². The van der Waals surface area contributed by atoms with Crippen molar-refractivity contribution < 1.29 is 17.8 Å². The summed E-state index contributed by atoms with van der Waals surface area (Å²) in [6.07, 6.45) is 0. The highest BCUT2D eigenvalue weighted by atomic mass is 15.1. The summed E-state index contributed by atoms with van der Waals surface area (Å²) in [7, 11) is 0. The second kappa shape index (κ2) is 8.21. The van der Waals surface area contributed by atoms with Gasteiger partial charge in [-0.3, -0.25) is 4.57 Å². The molecular weight excluding hydrogens is 436 g/mol. The molecule has 1 heterocycles. The highest BCUT2D eigenvalue weighted by molar-refractivity contribution is 6.18. The standard InChI is InChI=1S/C34H24N2/c1-23-35-31-20-9-10-21-32(31)36(23)34-29-18-7-5-16-27(29)33(28-17-6-8-19-30(28)34)26-15-11-14-25(22-26)24-12-3-2-4-13-24/h2-22H,1H3/i2D,3D,4D,5D,6D,7D,8D,12D,13D,16D,17D,18D,19D. The number of hydrogen-bond acceptors (Lipinski definition) is 1. The Hall–Kier alpha value is -4.69. The Balaban J connectivity index is 1.77. The molecule has 0 N–H and O–H groups in total. The molecule has 7 rings (SSSR count). The number of benzene rings is 6. The van der Waals surface area contributed by atoms with E-state index in [2.05, 4.69) is 4.98 Å². The molecule has 0 amide bonds. The summed E-state index contributed by atoms with van der Waals surface area (Å²) in [5.41, 5.74) is 1.66. The normalized spacial score (nSPS) is 16.5. The fourth-order valence-corrected chi connectivity index (χ4v) is 4.77. The van der Waals surface area contributed by atoms with Gasteiger partial charge in [0.15, 0.2) is 0 Å². The first-order valence-corrected chi connectivity index (χ1v) is 11.3. The van der Waals surface area contributed by atoms with E-state index in [1.54, 1.807) is 54.0 Å². The summed E-state index contributed by atoms with van der Waals surface area (Å²) in [6, 6.07) is 6.82. The molecule has 0 radical (unpaired) electrons. The van der Waals surface area contributed by atoms with Crippen LogP contribution in [-0.2, 0) is 0 Å². The molecule has 36 heavy (non-hydrogen) atoms. The summed E-state index contributed by atoms with van der Waals surface area (Å²) in [6.45, 7) is 1.70. The van der Waals surface area contributed by atoms with E-state index in [-0.39, 0.29) is 49.5 Å². The molecule has 2 heteroatoms. The molecule has 0 saturated heterocycles. The third-order valence-electron chi connectivity index (χ3n) is 6.24. The van der Waals surface area contributed by atoms with Gasteiger partial charge >= 0.3 is 0 Å². The molecule has 0 atom stereocenters. The van der Waals surface area contributed by atoms with Gasteiger partial charge in [0.2, 0.25) is 0 Å². The lowest BCUT2D eigenvalue weighted by molar-refractivity contribution is 1.02. The molecule has 0 aliphatic carbocycles. The Morgan fingerprint density at radius 2 is 1.22 bits per heavy atom. The van der Waals surface area contributed by atoms with Gasteiger partial charge in [-0.15, -0.1) is 0 Å². The van der Waals surface area contributed by atoms with E-state index < -0.39 is 78.6 Å². The summed E-state index contributed by atoms with van der Waals surface area (Å²) in [5, 5.41) is -0.0427. The van der Waals surface area contributed by atoms with Crippen LogP contribution >= 0.6 is 0 Å². The largest absolute Gasteiger partial charge is 0.295 e. The maximum atomic E-state index is 9.18. The molecule has 0 unspecified atom stereocenters. The molecule has 0 fully saturated rings. The van der Waals surface area contributed by atoms with Crippen molar-refractivity contribution in [3.05, 3.63) is 133 Å². The fourth-order valence-electron chi connectivity index (χ4n) is 4.77. The third kappa shape index (κ3) is 3.15. The van der Waals surface area contributed by atoms with Crippen molar-refractivity contribution >= 4 is 32.6 Å². The molecule has 0 spiro atoms. The van der Waals surface area contributed by atoms with Crippen molar-refractivity contribution in [3.8, 4) is 27.9 Å². The average Bonchev–Trinajstić information content (AvgIpc) is 3.43. The molecule has 0 aliphatic heterocycles. The summed E-state index contributed by atoms with van der Waals surface area (Å²) in [5.74, 6) is 0.416. The smallest absolute Gasteiger partial charge is 0.111 e. The van der Waals surface area contributed by atoms with Gasteiger partial charge in [-0.1, -0.05) is 109 Å². The zero-order valence-corrected chi connectivity index (χ0v) is 19.0. The average molecular weight is 474 g/mol. The number of hydrogen-bond donors (Lipinski definition) is 0. The first-order valence-electron chi connectivity index (χ1n) is 17.8. The molecule has 6 aromatic carbocycles. The van der Waals surface area contributed by atoms with Crippen LogP contribution in [-0.4, -0.2) is 9.55 Å². The van der Waals surface area contributed by atoms with E-state index >= 15 is 0 Å². The van der Waals surface area contributed by atoms with E-state index in [1.807, 2.05) is 0 Å². The van der Waals surface area contributed by atoms with Gasteiger partial charge in [0, 0.05) is 10.8 Å². The maximum absolute atomic E-state index is 9.18. The van der Waals surface area contributed by atoms with Gasteiger partial charge in [0.25, 0.3) is 0 Å². The van der Waals surface area contributed by atoms with E-state index in [0.717, 1.165) is 0 Å². The van der Waals surface area contributed by atoms with Crippen LogP contribution < -0.4 is 0 Å². The van der Waals surface area contributed by atoms with E-state index in [9.17, 15) is 5.48 Å². The Bertz CT molecular complexity index is 2500. The van der Waals surface area contributed by atoms with Crippen molar-refractivity contribution in [2.45, 2.75) is 6.92 Å². The first-order chi connectivity index (χ1) is 23.2. The number of nitrogens with zero attached hydrogens (tertiary/aromatic N) is 2. The van der Waals surface area contributed by atoms with E-state index in [1.165, 1.54) is 6.07 Å². The van der Waals surface area contributed by atoms with Crippen molar-refractivity contribution in [2.24, 2.45) is 0 Å². The van der Waals surface area contributed by atoms with Crippen LogP contribution in [0.3, 0.4) is 0 Å². The monoisotopic (exact) mass is 473 g/mol. The molecule has 170 valence electrons. The zero-order chi connectivity index (χ0) is 35.4. The Kier molecular flexibility index (Phi) is 2.59. The molecule has 0 saturated carbocycles. The first kappa shape index (κ1) is 11.4. The minimum absolute atomic E-state index is 0.00186. The van der Waals surface area contributed by atoms with Gasteiger partial charge in [0.05, 0.1) is 34.5 Å². The summed E-state index contributed by atoms with van der Waals surface area (Å²) in [4.78, 5) is 4.65. The minimum atomic E-state index is -0.559. The lowest BCUT2D eigenvalue weighted by atomic mass is 9.89. The van der Waals surface area contributed by atoms with Crippen LogP contribution in [0, 0.1) is 6.92 Å². The molecule has 0 bridgehead atoms. The lowest BCUT2D eigenvalue weighted by Gasteiger charge is -2.19.